The summed E-state index contributed by atoms with van der Waals surface area (Å²) in [4.78, 5) is 35.6. The highest BCUT2D eigenvalue weighted by Crippen LogP contribution is 2.41. The number of amides is 2. The predicted molar refractivity (Wildman–Crippen MR) is 99.2 cm³/mol. The Morgan fingerprint density at radius 1 is 1.25 bits per heavy atom. The maximum absolute atomic E-state index is 12.5. The van der Waals surface area contributed by atoms with Crippen LogP contribution in [0.2, 0.25) is 0 Å². The van der Waals surface area contributed by atoms with E-state index < -0.39 is 23.0 Å². The number of urea groups is 1. The molecule has 2 N–H and O–H groups in total. The fourth-order valence-corrected chi connectivity index (χ4v) is 2.95. The normalized spacial score (nSPS) is 16.1. The Hall–Kier alpha value is -3.30. The van der Waals surface area contributed by atoms with Crippen molar-refractivity contribution in [2.24, 2.45) is 0 Å². The first-order valence-corrected chi connectivity index (χ1v) is 8.84. The van der Waals surface area contributed by atoms with Crippen LogP contribution in [0.4, 0.5) is 10.5 Å². The maximum atomic E-state index is 12.5. The second-order valence-electron chi connectivity index (χ2n) is 5.76. The lowest BCUT2D eigenvalue weighted by molar-refractivity contribution is -0.386. The van der Waals surface area contributed by atoms with Gasteiger partial charge in [-0.05, 0) is 31.9 Å². The van der Waals surface area contributed by atoms with Crippen LogP contribution in [0, 0.1) is 10.1 Å². The number of allylic oxidation sites excluding steroid dienone is 1. The third-order valence-corrected chi connectivity index (χ3v) is 4.10. The first-order valence-electron chi connectivity index (χ1n) is 8.84. The molecule has 0 aromatic heterocycles. The van der Waals surface area contributed by atoms with Gasteiger partial charge in [0.2, 0.25) is 5.75 Å². The molecule has 10 nitrogen and oxygen atoms in total. The number of nitro benzene ring substituents is 1. The van der Waals surface area contributed by atoms with E-state index in [1.54, 1.807) is 20.8 Å². The molecule has 10 heteroatoms. The number of nitro groups is 1. The fraction of sp³-hybridized carbons (Fsp3) is 0.444. The zero-order chi connectivity index (χ0) is 20.8. The smallest absolute Gasteiger partial charge is 0.338 e. The predicted octanol–water partition coefficient (Wildman–Crippen LogP) is 2.58. The second-order valence-corrected chi connectivity index (χ2v) is 5.76. The number of methoxy groups -OCH3 is 1. The van der Waals surface area contributed by atoms with E-state index in [-0.39, 0.29) is 36.0 Å². The summed E-state index contributed by atoms with van der Waals surface area (Å²) in [7, 11) is 1.35. The summed E-state index contributed by atoms with van der Waals surface area (Å²) < 4.78 is 15.7. The Morgan fingerprint density at radius 2 is 1.96 bits per heavy atom. The van der Waals surface area contributed by atoms with E-state index in [9.17, 15) is 19.7 Å². The molecule has 0 saturated carbocycles. The summed E-state index contributed by atoms with van der Waals surface area (Å²) in [6, 6.07) is 1.30. The molecule has 152 valence electrons. The van der Waals surface area contributed by atoms with Crippen molar-refractivity contribution in [3.8, 4) is 11.5 Å². The second kappa shape index (κ2) is 9.07. The topological polar surface area (TPSA) is 129 Å². The molecule has 28 heavy (non-hydrogen) atoms. The van der Waals surface area contributed by atoms with Crippen molar-refractivity contribution in [3.63, 3.8) is 0 Å². The summed E-state index contributed by atoms with van der Waals surface area (Å²) in [6.45, 7) is 5.48. The van der Waals surface area contributed by atoms with Gasteiger partial charge in [-0.15, -0.1) is 0 Å². The van der Waals surface area contributed by atoms with E-state index in [0.29, 0.717) is 17.7 Å². The van der Waals surface area contributed by atoms with Crippen molar-refractivity contribution in [3.05, 3.63) is 39.1 Å². The minimum Gasteiger partial charge on any atom is -0.493 e. The number of nitrogens with one attached hydrogen (secondary N) is 2. The van der Waals surface area contributed by atoms with Crippen LogP contribution in [-0.4, -0.2) is 37.2 Å². The molecule has 1 heterocycles. The number of esters is 1. The van der Waals surface area contributed by atoms with E-state index in [4.69, 9.17) is 14.2 Å². The average Bonchev–Trinajstić information content (AvgIpc) is 2.67. The fourth-order valence-electron chi connectivity index (χ4n) is 2.95. The van der Waals surface area contributed by atoms with E-state index in [0.717, 1.165) is 0 Å². The largest absolute Gasteiger partial charge is 0.493 e. The van der Waals surface area contributed by atoms with Gasteiger partial charge in [0.1, 0.15) is 0 Å². The van der Waals surface area contributed by atoms with Crippen LogP contribution in [0.15, 0.2) is 23.4 Å². The molecule has 0 fully saturated rings. The Labute approximate surface area is 162 Å². The highest BCUT2D eigenvalue weighted by molar-refractivity contribution is 5.95. The van der Waals surface area contributed by atoms with Gasteiger partial charge >= 0.3 is 17.7 Å². The third-order valence-electron chi connectivity index (χ3n) is 4.10. The number of benzene rings is 1. The van der Waals surface area contributed by atoms with Gasteiger partial charge in [0.25, 0.3) is 0 Å². The summed E-state index contributed by atoms with van der Waals surface area (Å²) in [6.07, 6.45) is 0.369. The molecule has 1 aliphatic rings. The van der Waals surface area contributed by atoms with E-state index >= 15 is 0 Å². The lowest BCUT2D eigenvalue weighted by Crippen LogP contribution is -2.45. The van der Waals surface area contributed by atoms with Crippen LogP contribution in [0.5, 0.6) is 11.5 Å². The Morgan fingerprint density at radius 3 is 2.50 bits per heavy atom. The zero-order valence-electron chi connectivity index (χ0n) is 16.2. The molecule has 1 aliphatic heterocycles. The lowest BCUT2D eigenvalue weighted by Gasteiger charge is -2.29. The molecule has 0 bridgehead atoms. The Kier molecular flexibility index (Phi) is 6.80. The molecule has 0 aliphatic carbocycles. The van der Waals surface area contributed by atoms with Gasteiger partial charge in [-0.3, -0.25) is 10.1 Å². The lowest BCUT2D eigenvalue weighted by atomic mass is 9.93. The zero-order valence-corrected chi connectivity index (χ0v) is 16.2. The summed E-state index contributed by atoms with van der Waals surface area (Å²) in [5.74, 6) is -0.510. The van der Waals surface area contributed by atoms with Crippen LogP contribution in [0.3, 0.4) is 0 Å². The van der Waals surface area contributed by atoms with Crippen molar-refractivity contribution in [1.82, 2.24) is 10.6 Å². The molecule has 0 saturated heterocycles. The minimum atomic E-state index is -0.939. The molecule has 1 aromatic rings. The number of nitrogens with zero attached hydrogens (tertiary/aromatic N) is 1. The first kappa shape index (κ1) is 21.0. The van der Waals surface area contributed by atoms with Gasteiger partial charge < -0.3 is 24.8 Å². The van der Waals surface area contributed by atoms with Crippen LogP contribution >= 0.6 is 0 Å². The number of carbonyl (C=O) groups is 2. The molecule has 1 unspecified atom stereocenters. The van der Waals surface area contributed by atoms with Gasteiger partial charge in [0.15, 0.2) is 5.75 Å². The Balaban J connectivity index is 2.68. The van der Waals surface area contributed by atoms with Crippen LogP contribution < -0.4 is 20.1 Å². The monoisotopic (exact) mass is 393 g/mol. The highest BCUT2D eigenvalue weighted by atomic mass is 16.6. The first-order chi connectivity index (χ1) is 13.4. The van der Waals surface area contributed by atoms with Gasteiger partial charge in [-0.25, -0.2) is 9.59 Å². The van der Waals surface area contributed by atoms with Gasteiger partial charge in [-0.1, -0.05) is 6.92 Å². The van der Waals surface area contributed by atoms with Gasteiger partial charge in [0.05, 0.1) is 36.9 Å². The van der Waals surface area contributed by atoms with Gasteiger partial charge in [0, 0.05) is 11.8 Å². The molecule has 2 amide bonds. The van der Waals surface area contributed by atoms with Crippen molar-refractivity contribution in [2.45, 2.75) is 33.2 Å². The van der Waals surface area contributed by atoms with Gasteiger partial charge in [-0.2, -0.15) is 0 Å². The van der Waals surface area contributed by atoms with Crippen molar-refractivity contribution in [1.29, 1.82) is 0 Å². The molecule has 2 rings (SSSR count). The minimum absolute atomic E-state index is 0.0172. The average molecular weight is 393 g/mol. The molecule has 1 aromatic carbocycles. The number of rotatable bonds is 8. The molecular formula is C18H23N3O7. The number of hydrogen-bond acceptors (Lipinski definition) is 7. The molecular weight excluding hydrogens is 370 g/mol. The van der Waals surface area contributed by atoms with Crippen LogP contribution in [0.25, 0.3) is 0 Å². The number of ether oxygens (including phenoxy) is 3. The highest BCUT2D eigenvalue weighted by Gasteiger charge is 2.35. The maximum Gasteiger partial charge on any atom is 0.338 e. The molecule has 0 radical (unpaired) electrons. The number of carbonyl (C=O) groups excluding carboxylic acids is 2. The molecule has 1 atom stereocenters. The summed E-state index contributed by atoms with van der Waals surface area (Å²) in [5, 5.41) is 16.8. The van der Waals surface area contributed by atoms with Crippen molar-refractivity contribution < 1.29 is 28.7 Å². The van der Waals surface area contributed by atoms with E-state index in [2.05, 4.69) is 10.6 Å². The molecule has 0 spiro atoms. The van der Waals surface area contributed by atoms with E-state index in [1.807, 2.05) is 0 Å². The standard InChI is InChI=1S/C18H23N3O7/c1-5-11-14(17(22)28-7-3)15(20-18(23)19-11)10-8-12(21(24)25)16(27-6-2)13(9-10)26-4/h8-9,15H,5-7H2,1-4H3,(H2,19,20,23). The Bertz CT molecular complexity index is 820. The van der Waals surface area contributed by atoms with E-state index in [1.165, 1.54) is 19.2 Å². The quantitative estimate of drug-likeness (QED) is 0.394. The van der Waals surface area contributed by atoms with Crippen molar-refractivity contribution >= 4 is 17.7 Å². The third kappa shape index (κ3) is 4.16. The van der Waals surface area contributed by atoms with Crippen LogP contribution in [0.1, 0.15) is 38.8 Å². The summed E-state index contributed by atoms with van der Waals surface area (Å²) in [5.41, 5.74) is 0.549. The van der Waals surface area contributed by atoms with Crippen LogP contribution in [-0.2, 0) is 9.53 Å². The SMILES string of the molecule is CCOC(=O)C1=C(CC)NC(=O)NC1c1cc(OC)c(OCC)c([N+](=O)[O-])c1. The number of hydrogen-bond donors (Lipinski definition) is 2. The van der Waals surface area contributed by atoms with Crippen molar-refractivity contribution in [2.75, 3.05) is 20.3 Å². The summed E-state index contributed by atoms with van der Waals surface area (Å²) >= 11 is 0.